The van der Waals surface area contributed by atoms with Crippen molar-refractivity contribution >= 4 is 18.0 Å². The molecule has 1 aromatic carbocycles. The number of aliphatic hydroxyl groups excluding tert-OH is 1. The summed E-state index contributed by atoms with van der Waals surface area (Å²) in [6.07, 6.45) is -4.91. The summed E-state index contributed by atoms with van der Waals surface area (Å²) in [7, 11) is 0. The number of pyridine rings is 1. The maximum Gasteiger partial charge on any atom is 0.414 e. The molecule has 1 aliphatic rings. The lowest BCUT2D eigenvalue weighted by molar-refractivity contribution is -0.206. The summed E-state index contributed by atoms with van der Waals surface area (Å²) in [5.41, 5.74) is 5.69. The minimum absolute atomic E-state index is 0.106. The number of amides is 2. The molecule has 2 atom stereocenters. The predicted octanol–water partition coefficient (Wildman–Crippen LogP) is 2.52. The van der Waals surface area contributed by atoms with Gasteiger partial charge in [0.1, 0.15) is 12.3 Å². The maximum absolute atomic E-state index is 13.7. The molecule has 4 N–H and O–H groups in total. The summed E-state index contributed by atoms with van der Waals surface area (Å²) in [6.45, 7) is -0.976. The van der Waals surface area contributed by atoms with Crippen molar-refractivity contribution in [3.05, 3.63) is 53.4 Å². The van der Waals surface area contributed by atoms with E-state index in [2.05, 4.69) is 15.0 Å². The van der Waals surface area contributed by atoms with Crippen molar-refractivity contribution in [3.8, 4) is 5.75 Å². The molecule has 8 nitrogen and oxygen atoms in total. The third kappa shape index (κ3) is 7.08. The second-order valence-corrected chi connectivity index (χ2v) is 6.70. The number of alkyl halides is 3. The van der Waals surface area contributed by atoms with Crippen molar-refractivity contribution < 1.29 is 46.1 Å². The fourth-order valence-corrected chi connectivity index (χ4v) is 2.96. The molecule has 1 saturated heterocycles. The van der Waals surface area contributed by atoms with E-state index in [9.17, 15) is 31.5 Å². The number of carbonyl (C=O) groups is 2. The van der Waals surface area contributed by atoms with Gasteiger partial charge in [0, 0.05) is 23.4 Å². The molecular weight excluding hydrogens is 457 g/mol. The van der Waals surface area contributed by atoms with E-state index < -0.39 is 48.1 Å². The average Bonchev–Trinajstić information content (AvgIpc) is 3.26. The number of nitrogens with two attached hydrogens (primary N) is 1. The Morgan fingerprint density at radius 3 is 2.64 bits per heavy atom. The number of anilines is 1. The minimum atomic E-state index is -4.50. The molecule has 2 unspecified atom stereocenters. The molecule has 0 saturated carbocycles. The Morgan fingerprint density at radius 2 is 2.06 bits per heavy atom. The lowest BCUT2D eigenvalue weighted by Crippen LogP contribution is -2.27. The van der Waals surface area contributed by atoms with Crippen LogP contribution in [0.5, 0.6) is 5.75 Å². The van der Waals surface area contributed by atoms with E-state index in [0.29, 0.717) is 12.1 Å². The van der Waals surface area contributed by atoms with Gasteiger partial charge in [-0.1, -0.05) is 6.07 Å². The number of hydrogen-bond donors (Lipinski definition) is 3. The van der Waals surface area contributed by atoms with Crippen LogP contribution in [0.2, 0.25) is 0 Å². The molecule has 0 radical (unpaired) electrons. The average molecular weight is 477 g/mol. The van der Waals surface area contributed by atoms with E-state index >= 15 is 0 Å². The Bertz CT molecular complexity index is 974. The Balaban J connectivity index is 0.000000273. The lowest BCUT2D eigenvalue weighted by Gasteiger charge is -2.16. The highest BCUT2D eigenvalue weighted by molar-refractivity contribution is 5.92. The van der Waals surface area contributed by atoms with Gasteiger partial charge < -0.3 is 25.6 Å². The summed E-state index contributed by atoms with van der Waals surface area (Å²) in [6, 6.07) is 4.97. The lowest BCUT2D eigenvalue weighted by atomic mass is 9.95. The number of aliphatic hydroxyl groups is 1. The molecule has 13 heteroatoms. The largest absolute Gasteiger partial charge is 0.488 e. The fourth-order valence-electron chi connectivity index (χ4n) is 2.96. The second-order valence-electron chi connectivity index (χ2n) is 6.70. The Morgan fingerprint density at radius 1 is 1.33 bits per heavy atom. The highest BCUT2D eigenvalue weighted by Gasteiger charge is 2.46. The van der Waals surface area contributed by atoms with Gasteiger partial charge in [0.05, 0.1) is 13.2 Å². The van der Waals surface area contributed by atoms with E-state index in [4.69, 9.17) is 15.6 Å². The first kappa shape index (κ1) is 25.9. The van der Waals surface area contributed by atoms with Crippen molar-refractivity contribution in [2.75, 3.05) is 25.1 Å². The van der Waals surface area contributed by atoms with Gasteiger partial charge in [-0.15, -0.1) is 0 Å². The molecule has 1 aromatic heterocycles. The zero-order valence-electron chi connectivity index (χ0n) is 16.9. The van der Waals surface area contributed by atoms with Gasteiger partial charge in [-0.25, -0.2) is 4.39 Å². The summed E-state index contributed by atoms with van der Waals surface area (Å²) in [4.78, 5) is 24.3. The standard InChI is InChI=1S/C13H13F5O3.C7H7N3O2/c14-9-2-1-8(12(11(9)15)20-4-3-19)7-5-10(21-6-7)13(16,17)18;8-7(12)6-3-5(10-4-11)1-2-9-6/h1-2,7,10,19H,3-6H2;1-4H,(H2,8,12)(H,9,10,11). The van der Waals surface area contributed by atoms with Gasteiger partial charge in [0.2, 0.25) is 12.2 Å². The summed E-state index contributed by atoms with van der Waals surface area (Å²) in [5.74, 6) is -4.29. The van der Waals surface area contributed by atoms with Crippen LogP contribution in [0.4, 0.5) is 27.6 Å². The number of halogens is 5. The van der Waals surface area contributed by atoms with Gasteiger partial charge in [-0.05, 0) is 24.6 Å². The van der Waals surface area contributed by atoms with Crippen LogP contribution < -0.4 is 15.8 Å². The quantitative estimate of drug-likeness (QED) is 0.416. The van der Waals surface area contributed by atoms with E-state index in [-0.39, 0.29) is 30.9 Å². The van der Waals surface area contributed by atoms with Crippen molar-refractivity contribution in [2.45, 2.75) is 24.6 Å². The number of carbonyl (C=O) groups excluding carboxylic acids is 2. The fraction of sp³-hybridized carbons (Fsp3) is 0.350. The first-order chi connectivity index (χ1) is 15.6. The third-order valence-corrected chi connectivity index (χ3v) is 4.46. The van der Waals surface area contributed by atoms with Gasteiger partial charge in [-0.3, -0.25) is 14.6 Å². The molecule has 0 aliphatic carbocycles. The minimum Gasteiger partial charge on any atom is -0.488 e. The molecular formula is C20H20F5N3O5. The Hall–Kier alpha value is -3.32. The molecule has 180 valence electrons. The van der Waals surface area contributed by atoms with Gasteiger partial charge >= 0.3 is 6.18 Å². The third-order valence-electron chi connectivity index (χ3n) is 4.46. The van der Waals surface area contributed by atoms with Crippen LogP contribution in [0, 0.1) is 11.6 Å². The number of aromatic nitrogens is 1. The topological polar surface area (TPSA) is 124 Å². The van der Waals surface area contributed by atoms with Crippen molar-refractivity contribution in [2.24, 2.45) is 5.73 Å². The number of benzene rings is 1. The molecule has 0 bridgehead atoms. The van der Waals surface area contributed by atoms with Crippen molar-refractivity contribution in [1.29, 1.82) is 0 Å². The van der Waals surface area contributed by atoms with Gasteiger partial charge in [-0.2, -0.15) is 17.6 Å². The number of primary amides is 1. The SMILES string of the molecule is NC(=O)c1cc(NC=O)ccn1.OCCOc1c(C2COC(C(F)(F)F)C2)ccc(F)c1F. The zero-order valence-corrected chi connectivity index (χ0v) is 16.9. The predicted molar refractivity (Wildman–Crippen MR) is 105 cm³/mol. The monoisotopic (exact) mass is 477 g/mol. The number of ether oxygens (including phenoxy) is 2. The van der Waals surface area contributed by atoms with Crippen LogP contribution >= 0.6 is 0 Å². The smallest absolute Gasteiger partial charge is 0.414 e. The molecule has 1 fully saturated rings. The highest BCUT2D eigenvalue weighted by Crippen LogP contribution is 2.41. The first-order valence-corrected chi connectivity index (χ1v) is 9.44. The Labute approximate surface area is 184 Å². The summed E-state index contributed by atoms with van der Waals surface area (Å²) < 4.78 is 74.3. The number of hydrogen-bond acceptors (Lipinski definition) is 6. The van der Waals surface area contributed by atoms with Crippen LogP contribution in [-0.2, 0) is 9.53 Å². The van der Waals surface area contributed by atoms with Crippen LogP contribution in [0.1, 0.15) is 28.4 Å². The normalized spacial score (nSPS) is 17.6. The number of nitrogens with zero attached hydrogens (tertiary/aromatic N) is 1. The van der Waals surface area contributed by atoms with Crippen LogP contribution in [-0.4, -0.2) is 54.5 Å². The zero-order chi connectivity index (χ0) is 24.6. The number of rotatable bonds is 7. The second kappa shape index (κ2) is 11.5. The highest BCUT2D eigenvalue weighted by atomic mass is 19.4. The molecule has 33 heavy (non-hydrogen) atoms. The molecule has 3 rings (SSSR count). The maximum atomic E-state index is 13.7. The van der Waals surface area contributed by atoms with Crippen LogP contribution in [0.25, 0.3) is 0 Å². The van der Waals surface area contributed by atoms with Crippen LogP contribution in [0.3, 0.4) is 0 Å². The molecule has 2 aromatic rings. The van der Waals surface area contributed by atoms with Gasteiger partial charge in [0.15, 0.2) is 17.7 Å². The van der Waals surface area contributed by atoms with E-state index in [1.807, 2.05) is 0 Å². The summed E-state index contributed by atoms with van der Waals surface area (Å²) in [5, 5.41) is 11.1. The number of nitrogens with one attached hydrogen (secondary N) is 1. The van der Waals surface area contributed by atoms with Crippen LogP contribution in [0.15, 0.2) is 30.5 Å². The molecule has 1 aliphatic heterocycles. The summed E-state index contributed by atoms with van der Waals surface area (Å²) >= 11 is 0. The molecule has 2 heterocycles. The first-order valence-electron chi connectivity index (χ1n) is 9.44. The van der Waals surface area contributed by atoms with Crippen molar-refractivity contribution in [3.63, 3.8) is 0 Å². The molecule has 0 spiro atoms. The van der Waals surface area contributed by atoms with Gasteiger partial charge in [0.25, 0.3) is 5.91 Å². The molecule has 2 amide bonds. The van der Waals surface area contributed by atoms with E-state index in [1.54, 1.807) is 6.07 Å². The van der Waals surface area contributed by atoms with E-state index in [1.165, 1.54) is 18.3 Å². The van der Waals surface area contributed by atoms with E-state index in [0.717, 1.165) is 6.07 Å². The van der Waals surface area contributed by atoms with Crippen molar-refractivity contribution in [1.82, 2.24) is 4.98 Å². The Kier molecular flexibility index (Phi) is 9.05.